The number of carbonyl (C=O) groups excluding carboxylic acids is 1. The summed E-state index contributed by atoms with van der Waals surface area (Å²) in [5.74, 6) is 0.337. The molecule has 3 nitrogen and oxygen atoms in total. The van der Waals surface area contributed by atoms with Gasteiger partial charge in [-0.1, -0.05) is 37.6 Å². The molecule has 1 N–H and O–H groups in total. The van der Waals surface area contributed by atoms with Gasteiger partial charge < -0.3 is 10.1 Å². The molecule has 4 heteroatoms. The van der Waals surface area contributed by atoms with Crippen LogP contribution in [0.2, 0.25) is 5.02 Å². The van der Waals surface area contributed by atoms with E-state index >= 15 is 0 Å². The van der Waals surface area contributed by atoms with E-state index in [1.165, 1.54) is 0 Å². The Labute approximate surface area is 119 Å². The zero-order valence-electron chi connectivity index (χ0n) is 11.4. The van der Waals surface area contributed by atoms with Crippen LogP contribution in [-0.2, 0) is 16.1 Å². The maximum absolute atomic E-state index is 11.7. The van der Waals surface area contributed by atoms with Crippen LogP contribution in [0.1, 0.15) is 25.8 Å². The highest BCUT2D eigenvalue weighted by molar-refractivity contribution is 6.30. The molecule has 0 aliphatic heterocycles. The summed E-state index contributed by atoms with van der Waals surface area (Å²) >= 11 is 5.80. The molecule has 0 radical (unpaired) electrons. The average Bonchev–Trinajstić information content (AvgIpc) is 3.00. The van der Waals surface area contributed by atoms with Gasteiger partial charge in [0.2, 0.25) is 5.91 Å². The fraction of sp³-hybridized carbons (Fsp3) is 0.533. The average molecular weight is 282 g/mol. The lowest BCUT2D eigenvalue weighted by Crippen LogP contribution is -2.29. The van der Waals surface area contributed by atoms with Gasteiger partial charge in [0, 0.05) is 17.5 Å². The SMILES string of the molecule is CC1(C)C[C@H]1C(=O)NCCOCc1ccc(Cl)cc1. The van der Waals surface area contributed by atoms with Gasteiger partial charge in [-0.05, 0) is 29.5 Å². The van der Waals surface area contributed by atoms with Crippen LogP contribution in [-0.4, -0.2) is 19.1 Å². The highest BCUT2D eigenvalue weighted by atomic mass is 35.5. The summed E-state index contributed by atoms with van der Waals surface area (Å²) in [7, 11) is 0. The standard InChI is InChI=1S/C15H20ClNO2/c1-15(2)9-13(15)14(18)17-7-8-19-10-11-3-5-12(16)6-4-11/h3-6,13H,7-10H2,1-2H3,(H,17,18)/t13-/m0/s1. The zero-order chi connectivity index (χ0) is 13.9. The fourth-order valence-corrected chi connectivity index (χ4v) is 2.18. The largest absolute Gasteiger partial charge is 0.375 e. The van der Waals surface area contributed by atoms with E-state index < -0.39 is 0 Å². The summed E-state index contributed by atoms with van der Waals surface area (Å²) in [6.45, 7) is 5.88. The van der Waals surface area contributed by atoms with Crippen LogP contribution in [0.25, 0.3) is 0 Å². The van der Waals surface area contributed by atoms with E-state index in [1.807, 2.05) is 24.3 Å². The van der Waals surface area contributed by atoms with Gasteiger partial charge in [-0.2, -0.15) is 0 Å². The Kier molecular flexibility index (Phi) is 4.48. The number of carbonyl (C=O) groups is 1. The molecule has 0 saturated heterocycles. The first kappa shape index (κ1) is 14.4. The number of hydrogen-bond acceptors (Lipinski definition) is 2. The van der Waals surface area contributed by atoms with Crippen LogP contribution in [0.4, 0.5) is 0 Å². The van der Waals surface area contributed by atoms with Crippen molar-refractivity contribution in [1.82, 2.24) is 5.32 Å². The van der Waals surface area contributed by atoms with E-state index in [9.17, 15) is 4.79 Å². The second-order valence-corrected chi connectivity index (χ2v) is 6.15. The smallest absolute Gasteiger partial charge is 0.223 e. The van der Waals surface area contributed by atoms with Crippen molar-refractivity contribution in [2.45, 2.75) is 26.9 Å². The van der Waals surface area contributed by atoms with E-state index in [0.717, 1.165) is 17.0 Å². The number of nitrogens with one attached hydrogen (secondary N) is 1. The molecule has 19 heavy (non-hydrogen) atoms. The lowest BCUT2D eigenvalue weighted by atomic mass is 10.1. The summed E-state index contributed by atoms with van der Waals surface area (Å²) in [6.07, 6.45) is 0.991. The topological polar surface area (TPSA) is 38.3 Å². The van der Waals surface area contributed by atoms with Gasteiger partial charge in [-0.3, -0.25) is 4.79 Å². The molecule has 0 spiro atoms. The molecule has 1 fully saturated rings. The Morgan fingerprint density at radius 3 is 2.63 bits per heavy atom. The van der Waals surface area contributed by atoms with E-state index in [-0.39, 0.29) is 17.2 Å². The summed E-state index contributed by atoms with van der Waals surface area (Å²) in [6, 6.07) is 7.57. The lowest BCUT2D eigenvalue weighted by molar-refractivity contribution is -0.123. The highest BCUT2D eigenvalue weighted by Crippen LogP contribution is 2.51. The molecule has 1 saturated carbocycles. The maximum atomic E-state index is 11.7. The Bertz CT molecular complexity index is 442. The van der Waals surface area contributed by atoms with Crippen LogP contribution >= 0.6 is 11.6 Å². The summed E-state index contributed by atoms with van der Waals surface area (Å²) in [5.41, 5.74) is 1.27. The number of halogens is 1. The van der Waals surface area contributed by atoms with Gasteiger partial charge in [0.1, 0.15) is 0 Å². The molecule has 2 rings (SSSR count). The van der Waals surface area contributed by atoms with Crippen LogP contribution in [0.3, 0.4) is 0 Å². The summed E-state index contributed by atoms with van der Waals surface area (Å²) in [5, 5.41) is 3.64. The van der Waals surface area contributed by atoms with Crippen molar-refractivity contribution in [3.8, 4) is 0 Å². The minimum Gasteiger partial charge on any atom is -0.375 e. The Hall–Kier alpha value is -1.06. The number of benzene rings is 1. The summed E-state index contributed by atoms with van der Waals surface area (Å²) in [4.78, 5) is 11.7. The van der Waals surface area contributed by atoms with Crippen molar-refractivity contribution in [3.63, 3.8) is 0 Å². The van der Waals surface area contributed by atoms with Crippen molar-refractivity contribution < 1.29 is 9.53 Å². The first-order valence-corrected chi connectivity index (χ1v) is 6.97. The normalized spacial score (nSPS) is 20.1. The number of ether oxygens (including phenoxy) is 1. The van der Waals surface area contributed by atoms with Crippen molar-refractivity contribution in [1.29, 1.82) is 0 Å². The molecule has 104 valence electrons. The van der Waals surface area contributed by atoms with Gasteiger partial charge in [0.05, 0.1) is 13.2 Å². The maximum Gasteiger partial charge on any atom is 0.223 e. The number of hydrogen-bond donors (Lipinski definition) is 1. The molecule has 0 unspecified atom stereocenters. The van der Waals surface area contributed by atoms with Gasteiger partial charge in [-0.15, -0.1) is 0 Å². The summed E-state index contributed by atoms with van der Waals surface area (Å²) < 4.78 is 5.50. The molecule has 1 amide bonds. The van der Waals surface area contributed by atoms with Crippen LogP contribution < -0.4 is 5.32 Å². The van der Waals surface area contributed by atoms with E-state index in [4.69, 9.17) is 16.3 Å². The van der Waals surface area contributed by atoms with Crippen molar-refractivity contribution in [3.05, 3.63) is 34.9 Å². The number of rotatable bonds is 6. The Morgan fingerprint density at radius 2 is 2.05 bits per heavy atom. The molecule has 0 aromatic heterocycles. The van der Waals surface area contributed by atoms with Crippen molar-refractivity contribution >= 4 is 17.5 Å². The van der Waals surface area contributed by atoms with Crippen LogP contribution in [0.5, 0.6) is 0 Å². The molecule has 0 heterocycles. The fourth-order valence-electron chi connectivity index (χ4n) is 2.06. The van der Waals surface area contributed by atoms with Gasteiger partial charge in [0.15, 0.2) is 0 Å². The predicted molar refractivity (Wildman–Crippen MR) is 76.0 cm³/mol. The predicted octanol–water partition coefficient (Wildman–Crippen LogP) is 3.02. The lowest BCUT2D eigenvalue weighted by Gasteiger charge is -2.07. The molecule has 1 aliphatic rings. The molecule has 1 aliphatic carbocycles. The molecule has 0 bridgehead atoms. The van der Waals surface area contributed by atoms with Crippen molar-refractivity contribution in [2.24, 2.45) is 11.3 Å². The molecular formula is C15H20ClNO2. The molecular weight excluding hydrogens is 262 g/mol. The third-order valence-electron chi connectivity index (χ3n) is 3.56. The highest BCUT2D eigenvalue weighted by Gasteiger charge is 2.50. The first-order valence-electron chi connectivity index (χ1n) is 6.59. The molecule has 1 aromatic rings. The van der Waals surface area contributed by atoms with E-state index in [2.05, 4.69) is 19.2 Å². The second kappa shape index (κ2) is 5.93. The molecule has 1 atom stereocenters. The van der Waals surface area contributed by atoms with Crippen LogP contribution in [0.15, 0.2) is 24.3 Å². The van der Waals surface area contributed by atoms with Gasteiger partial charge in [0.25, 0.3) is 0 Å². The van der Waals surface area contributed by atoms with Crippen molar-refractivity contribution in [2.75, 3.05) is 13.2 Å². The minimum absolute atomic E-state index is 0.153. The zero-order valence-corrected chi connectivity index (χ0v) is 12.2. The minimum atomic E-state index is 0.153. The second-order valence-electron chi connectivity index (χ2n) is 5.72. The quantitative estimate of drug-likeness (QED) is 0.814. The first-order chi connectivity index (χ1) is 8.99. The van der Waals surface area contributed by atoms with E-state index in [0.29, 0.717) is 19.8 Å². The Balaban J connectivity index is 1.57. The third kappa shape index (κ3) is 4.22. The third-order valence-corrected chi connectivity index (χ3v) is 3.81. The van der Waals surface area contributed by atoms with Crippen LogP contribution in [0, 0.1) is 11.3 Å². The van der Waals surface area contributed by atoms with Gasteiger partial charge in [-0.25, -0.2) is 0 Å². The number of amides is 1. The monoisotopic (exact) mass is 281 g/mol. The van der Waals surface area contributed by atoms with E-state index in [1.54, 1.807) is 0 Å². The molecule has 1 aromatic carbocycles. The van der Waals surface area contributed by atoms with Gasteiger partial charge >= 0.3 is 0 Å². The Morgan fingerprint density at radius 1 is 1.42 bits per heavy atom.